The van der Waals surface area contributed by atoms with Crippen LogP contribution in [-0.2, 0) is 10.5 Å². The van der Waals surface area contributed by atoms with Crippen molar-refractivity contribution in [2.24, 2.45) is 11.8 Å². The van der Waals surface area contributed by atoms with Crippen molar-refractivity contribution in [1.29, 1.82) is 0 Å². The van der Waals surface area contributed by atoms with Crippen LogP contribution in [0.1, 0.15) is 56.3 Å². The molecule has 3 rings (SSSR count). The fourth-order valence-electron chi connectivity index (χ4n) is 3.73. The van der Waals surface area contributed by atoms with Gasteiger partial charge in [-0.05, 0) is 44.6 Å². The van der Waals surface area contributed by atoms with E-state index in [2.05, 4.69) is 29.1 Å². The number of aromatic nitrogens is 2. The first-order chi connectivity index (χ1) is 12.8. The van der Waals surface area contributed by atoms with Gasteiger partial charge in [0.15, 0.2) is 0 Å². The molecular formula is C20H29N3O2S2. The van der Waals surface area contributed by atoms with E-state index in [4.69, 9.17) is 0 Å². The van der Waals surface area contributed by atoms with Crippen LogP contribution in [-0.4, -0.2) is 27.2 Å². The lowest BCUT2D eigenvalue weighted by atomic mass is 9.78. The molecule has 2 aromatic rings. The Hall–Kier alpha value is -1.34. The van der Waals surface area contributed by atoms with Gasteiger partial charge in [0.05, 0.1) is 16.4 Å². The monoisotopic (exact) mass is 407 g/mol. The van der Waals surface area contributed by atoms with Crippen LogP contribution in [0.3, 0.4) is 0 Å². The number of H-pyrrole nitrogens is 1. The van der Waals surface area contributed by atoms with Gasteiger partial charge in [-0.3, -0.25) is 9.59 Å². The zero-order valence-corrected chi connectivity index (χ0v) is 18.4. The largest absolute Gasteiger partial charge is 0.352 e. The molecule has 0 unspecified atom stereocenters. The van der Waals surface area contributed by atoms with Gasteiger partial charge in [-0.25, -0.2) is 4.98 Å². The zero-order valence-electron chi connectivity index (χ0n) is 16.7. The Kier molecular flexibility index (Phi) is 6.31. The molecular weight excluding hydrogens is 378 g/mol. The molecule has 1 aliphatic rings. The summed E-state index contributed by atoms with van der Waals surface area (Å²) >= 11 is 3.07. The number of hydrogen-bond acceptors (Lipinski definition) is 5. The summed E-state index contributed by atoms with van der Waals surface area (Å²) < 4.78 is 0. The summed E-state index contributed by atoms with van der Waals surface area (Å²) in [4.78, 5) is 34.3. The Bertz CT molecular complexity index is 889. The highest BCUT2D eigenvalue weighted by atomic mass is 32.2. The molecule has 27 heavy (non-hydrogen) atoms. The van der Waals surface area contributed by atoms with E-state index in [0.717, 1.165) is 21.7 Å². The summed E-state index contributed by atoms with van der Waals surface area (Å²) in [7, 11) is 0. The molecule has 2 heterocycles. The van der Waals surface area contributed by atoms with Crippen molar-refractivity contribution in [2.75, 3.05) is 0 Å². The van der Waals surface area contributed by atoms with E-state index in [9.17, 15) is 9.59 Å². The molecule has 0 aromatic carbocycles. The molecule has 1 aliphatic carbocycles. The van der Waals surface area contributed by atoms with Gasteiger partial charge in [0, 0.05) is 10.9 Å². The number of nitrogens with one attached hydrogen (secondary N) is 2. The third-order valence-electron chi connectivity index (χ3n) is 5.96. The second kappa shape index (κ2) is 8.35. The molecule has 5 nitrogen and oxygen atoms in total. The fourth-order valence-corrected chi connectivity index (χ4v) is 5.55. The predicted molar refractivity (Wildman–Crippen MR) is 115 cm³/mol. The Labute approximate surface area is 168 Å². The average Bonchev–Trinajstić information content (AvgIpc) is 2.91. The molecule has 0 aliphatic heterocycles. The van der Waals surface area contributed by atoms with Gasteiger partial charge < -0.3 is 10.3 Å². The van der Waals surface area contributed by atoms with E-state index < -0.39 is 0 Å². The molecule has 2 aromatic heterocycles. The van der Waals surface area contributed by atoms with Crippen molar-refractivity contribution in [3.05, 3.63) is 26.6 Å². The van der Waals surface area contributed by atoms with Crippen molar-refractivity contribution in [3.63, 3.8) is 0 Å². The van der Waals surface area contributed by atoms with Crippen molar-refractivity contribution in [2.45, 2.75) is 70.9 Å². The van der Waals surface area contributed by atoms with E-state index >= 15 is 0 Å². The first-order valence-electron chi connectivity index (χ1n) is 9.68. The normalized spacial score (nSPS) is 24.1. The van der Waals surface area contributed by atoms with E-state index in [1.54, 1.807) is 11.3 Å². The second-order valence-electron chi connectivity index (χ2n) is 7.81. The van der Waals surface area contributed by atoms with Gasteiger partial charge in [0.25, 0.3) is 5.56 Å². The summed E-state index contributed by atoms with van der Waals surface area (Å²) in [6, 6.07) is 0.274. The molecule has 0 radical (unpaired) electrons. The predicted octanol–water partition coefficient (Wildman–Crippen LogP) is 4.16. The van der Waals surface area contributed by atoms with Gasteiger partial charge >= 0.3 is 0 Å². The summed E-state index contributed by atoms with van der Waals surface area (Å²) in [5.74, 6) is 2.42. The zero-order chi connectivity index (χ0) is 19.7. The van der Waals surface area contributed by atoms with Crippen LogP contribution >= 0.6 is 23.1 Å². The van der Waals surface area contributed by atoms with Crippen molar-refractivity contribution in [1.82, 2.24) is 15.3 Å². The minimum absolute atomic E-state index is 0.0807. The van der Waals surface area contributed by atoms with Crippen LogP contribution in [0, 0.1) is 25.7 Å². The average molecular weight is 408 g/mol. The Morgan fingerprint density at radius 2 is 2.11 bits per heavy atom. The number of aryl methyl sites for hydroxylation is 2. The lowest BCUT2D eigenvalue weighted by molar-refractivity contribution is -0.121. The molecule has 0 bridgehead atoms. The van der Waals surface area contributed by atoms with Crippen LogP contribution in [0.5, 0.6) is 0 Å². The quantitative estimate of drug-likeness (QED) is 0.780. The van der Waals surface area contributed by atoms with Crippen LogP contribution in [0.2, 0.25) is 0 Å². The minimum Gasteiger partial charge on any atom is -0.352 e. The number of thiophene rings is 1. The highest BCUT2D eigenvalue weighted by molar-refractivity contribution is 7.99. The van der Waals surface area contributed by atoms with Crippen LogP contribution < -0.4 is 10.9 Å². The SMILES string of the molecule is Cc1sc2nc(CS[C@@H](C)C(=O)N[C@H]3CCC[C@H](C)[C@@H]3C)[nH]c(=O)c2c1C. The van der Waals surface area contributed by atoms with Crippen LogP contribution in [0.4, 0.5) is 0 Å². The molecule has 4 atom stereocenters. The highest BCUT2D eigenvalue weighted by Crippen LogP contribution is 2.30. The Balaban J connectivity index is 1.61. The van der Waals surface area contributed by atoms with Gasteiger partial charge in [-0.1, -0.05) is 26.7 Å². The molecule has 1 fully saturated rings. The van der Waals surface area contributed by atoms with Gasteiger partial charge in [-0.2, -0.15) is 0 Å². The van der Waals surface area contributed by atoms with E-state index in [0.29, 0.717) is 28.8 Å². The highest BCUT2D eigenvalue weighted by Gasteiger charge is 2.29. The minimum atomic E-state index is -0.178. The third-order valence-corrected chi connectivity index (χ3v) is 8.22. The molecule has 0 saturated heterocycles. The summed E-state index contributed by atoms with van der Waals surface area (Å²) in [6.07, 6.45) is 3.50. The van der Waals surface area contributed by atoms with Crippen molar-refractivity contribution in [3.8, 4) is 0 Å². The fraction of sp³-hybridized carbons (Fsp3) is 0.650. The number of amides is 1. The van der Waals surface area contributed by atoms with E-state index in [-0.39, 0.29) is 22.8 Å². The Morgan fingerprint density at radius 3 is 2.85 bits per heavy atom. The first-order valence-corrected chi connectivity index (χ1v) is 11.5. The van der Waals surface area contributed by atoms with Gasteiger partial charge in [-0.15, -0.1) is 23.1 Å². The summed E-state index contributed by atoms with van der Waals surface area (Å²) in [5.41, 5.74) is 0.922. The number of thioether (sulfide) groups is 1. The van der Waals surface area contributed by atoms with Gasteiger partial charge in [0.2, 0.25) is 5.91 Å². The number of carbonyl (C=O) groups excluding carboxylic acids is 1. The number of nitrogens with zero attached hydrogens (tertiary/aromatic N) is 1. The number of aromatic amines is 1. The topological polar surface area (TPSA) is 74.8 Å². The molecule has 1 amide bonds. The maximum atomic E-state index is 12.6. The summed E-state index contributed by atoms with van der Waals surface area (Å²) in [6.45, 7) is 10.4. The smallest absolute Gasteiger partial charge is 0.259 e. The number of hydrogen-bond donors (Lipinski definition) is 2. The maximum Gasteiger partial charge on any atom is 0.259 e. The second-order valence-corrected chi connectivity index (χ2v) is 10.3. The maximum absolute atomic E-state index is 12.6. The molecule has 0 spiro atoms. The van der Waals surface area contributed by atoms with Crippen LogP contribution in [0.25, 0.3) is 10.2 Å². The molecule has 7 heteroatoms. The van der Waals surface area contributed by atoms with Gasteiger partial charge in [0.1, 0.15) is 10.7 Å². The summed E-state index contributed by atoms with van der Waals surface area (Å²) in [5, 5.41) is 3.75. The van der Waals surface area contributed by atoms with E-state index in [1.165, 1.54) is 24.6 Å². The standard InChI is InChI=1S/C20H29N3O2S2/c1-10-7-6-8-15(11(10)2)21-18(24)14(5)26-9-16-22-19(25)17-12(3)13(4)27-20(17)23-16/h10-11,14-15H,6-9H2,1-5H3,(H,21,24)(H,22,23,25)/t10-,11-,14-,15-/m0/s1. The Morgan fingerprint density at radius 1 is 1.37 bits per heavy atom. The molecule has 2 N–H and O–H groups in total. The lowest BCUT2D eigenvalue weighted by Crippen LogP contribution is -2.46. The van der Waals surface area contributed by atoms with Crippen LogP contribution in [0.15, 0.2) is 4.79 Å². The number of carbonyl (C=O) groups is 1. The number of fused-ring (bicyclic) bond motifs is 1. The lowest BCUT2D eigenvalue weighted by Gasteiger charge is -2.35. The van der Waals surface area contributed by atoms with Crippen molar-refractivity contribution >= 4 is 39.2 Å². The molecule has 1 saturated carbocycles. The van der Waals surface area contributed by atoms with E-state index in [1.807, 2.05) is 20.8 Å². The van der Waals surface area contributed by atoms with Crippen molar-refractivity contribution < 1.29 is 4.79 Å². The first kappa shape index (κ1) is 20.4. The third kappa shape index (κ3) is 4.40. The number of rotatable bonds is 5. The molecule has 148 valence electrons.